The summed E-state index contributed by atoms with van der Waals surface area (Å²) in [5.41, 5.74) is 2.07. The van der Waals surface area contributed by atoms with Gasteiger partial charge in [0.15, 0.2) is 0 Å². The van der Waals surface area contributed by atoms with Gasteiger partial charge >= 0.3 is 5.97 Å². The van der Waals surface area contributed by atoms with E-state index in [0.717, 1.165) is 22.3 Å². The molecule has 0 amide bonds. The van der Waals surface area contributed by atoms with Crippen LogP contribution in [0.4, 0.5) is 0 Å². The third-order valence-electron chi connectivity index (χ3n) is 7.52. The second-order valence-corrected chi connectivity index (χ2v) is 14.3. The van der Waals surface area contributed by atoms with Gasteiger partial charge in [-0.2, -0.15) is 0 Å². The molecule has 1 atom stereocenters. The number of ether oxygens (including phenoxy) is 1. The van der Waals surface area contributed by atoms with Gasteiger partial charge in [0.25, 0.3) is 20.0 Å². The molecule has 1 aliphatic heterocycles. The molecule has 0 radical (unpaired) electrons. The van der Waals surface area contributed by atoms with Gasteiger partial charge in [-0.3, -0.25) is 4.79 Å². The lowest BCUT2D eigenvalue weighted by Crippen LogP contribution is -2.50. The van der Waals surface area contributed by atoms with Gasteiger partial charge < -0.3 is 4.74 Å². The lowest BCUT2D eigenvalue weighted by atomic mass is 9.69. The van der Waals surface area contributed by atoms with Crippen molar-refractivity contribution >= 4 is 26.0 Å². The Bertz CT molecular complexity index is 1620. The van der Waals surface area contributed by atoms with Crippen LogP contribution in [0, 0.1) is 13.8 Å². The normalized spacial score (nSPS) is 17.2. The third-order valence-corrected chi connectivity index (χ3v) is 11.8. The molecule has 0 aliphatic carbocycles. The molecule has 4 aromatic rings. The van der Waals surface area contributed by atoms with Gasteiger partial charge in [0.1, 0.15) is 11.5 Å². The number of hydrogen-bond acceptors (Lipinski definition) is 6. The van der Waals surface area contributed by atoms with E-state index in [4.69, 9.17) is 4.74 Å². The van der Waals surface area contributed by atoms with Crippen LogP contribution in [0.3, 0.4) is 0 Å². The smallest absolute Gasteiger partial charge is 0.321 e. The standard InChI is InChI=1S/C32H31NO6S2/c1-24-13-17-29(18-14-24)40(35,36)33(41(37,38)30-19-15-25(2)16-20-30)23-28-21-22-32(31(34)39-28,26-9-5-3-6-10-26)27-11-7-4-8-12-27/h3-20,28H,21-23H2,1-2H3/t28-/m0/s1. The summed E-state index contributed by atoms with van der Waals surface area (Å²) in [5, 5.41) is 0. The summed E-state index contributed by atoms with van der Waals surface area (Å²) < 4.78 is 61.9. The summed E-state index contributed by atoms with van der Waals surface area (Å²) >= 11 is 0. The van der Waals surface area contributed by atoms with Crippen LogP contribution in [-0.4, -0.2) is 39.2 Å². The van der Waals surface area contributed by atoms with Gasteiger partial charge in [-0.25, -0.2) is 16.8 Å². The maximum absolute atomic E-state index is 13.9. The molecule has 1 fully saturated rings. The molecule has 0 spiro atoms. The van der Waals surface area contributed by atoms with Crippen molar-refractivity contribution in [2.75, 3.05) is 6.54 Å². The second kappa shape index (κ2) is 11.2. The number of esters is 1. The molecule has 5 rings (SSSR count). The van der Waals surface area contributed by atoms with E-state index in [1.54, 1.807) is 24.3 Å². The Morgan fingerprint density at radius 2 is 1.10 bits per heavy atom. The number of sulfonamides is 2. The fourth-order valence-corrected chi connectivity index (χ4v) is 8.91. The van der Waals surface area contributed by atoms with Crippen LogP contribution in [0.5, 0.6) is 0 Å². The number of hydrogen-bond donors (Lipinski definition) is 0. The van der Waals surface area contributed by atoms with E-state index in [-0.39, 0.29) is 16.2 Å². The molecule has 0 unspecified atom stereocenters. The Labute approximate surface area is 241 Å². The molecular weight excluding hydrogens is 558 g/mol. The number of nitrogens with zero attached hydrogens (tertiary/aromatic N) is 1. The van der Waals surface area contributed by atoms with Crippen LogP contribution < -0.4 is 0 Å². The fraction of sp³-hybridized carbons (Fsp3) is 0.219. The van der Waals surface area contributed by atoms with Crippen LogP contribution in [0.1, 0.15) is 35.1 Å². The summed E-state index contributed by atoms with van der Waals surface area (Å²) in [7, 11) is -9.06. The average Bonchev–Trinajstić information content (AvgIpc) is 2.97. The van der Waals surface area contributed by atoms with Crippen molar-refractivity contribution in [3.05, 3.63) is 131 Å². The molecule has 0 bridgehead atoms. The SMILES string of the molecule is Cc1ccc(S(=O)(=O)N(C[C@@H]2CCC(c3ccccc3)(c3ccccc3)C(=O)O2)S(=O)(=O)c2ccc(C)cc2)cc1. The zero-order valence-corrected chi connectivity index (χ0v) is 24.4. The molecule has 1 aliphatic rings. The monoisotopic (exact) mass is 589 g/mol. The Kier molecular flexibility index (Phi) is 7.87. The minimum Gasteiger partial charge on any atom is -0.460 e. The summed E-state index contributed by atoms with van der Waals surface area (Å²) in [4.78, 5) is 13.6. The minimum absolute atomic E-state index is 0.163. The summed E-state index contributed by atoms with van der Waals surface area (Å²) in [5.74, 6) is -0.549. The van der Waals surface area contributed by atoms with E-state index < -0.39 is 44.1 Å². The van der Waals surface area contributed by atoms with Crippen molar-refractivity contribution in [3.63, 3.8) is 0 Å². The maximum Gasteiger partial charge on any atom is 0.321 e. The first-order valence-corrected chi connectivity index (χ1v) is 16.2. The van der Waals surface area contributed by atoms with E-state index in [9.17, 15) is 21.6 Å². The van der Waals surface area contributed by atoms with Crippen LogP contribution in [0.2, 0.25) is 0 Å². The second-order valence-electron chi connectivity index (χ2n) is 10.3. The lowest BCUT2D eigenvalue weighted by molar-refractivity contribution is -0.161. The molecule has 41 heavy (non-hydrogen) atoms. The van der Waals surface area contributed by atoms with Crippen molar-refractivity contribution < 1.29 is 26.4 Å². The molecule has 1 heterocycles. The number of carbonyl (C=O) groups excluding carboxylic acids is 1. The topological polar surface area (TPSA) is 97.8 Å². The van der Waals surface area contributed by atoms with Crippen LogP contribution >= 0.6 is 0 Å². The van der Waals surface area contributed by atoms with Gasteiger partial charge in [-0.15, -0.1) is 0 Å². The number of aryl methyl sites for hydroxylation is 2. The zero-order chi connectivity index (χ0) is 29.3. The van der Waals surface area contributed by atoms with Gasteiger partial charge in [-0.05, 0) is 62.1 Å². The molecule has 212 valence electrons. The molecular formula is C32H31NO6S2. The van der Waals surface area contributed by atoms with Crippen LogP contribution in [0.25, 0.3) is 0 Å². The van der Waals surface area contributed by atoms with Crippen molar-refractivity contribution in [1.29, 1.82) is 0 Å². The number of carbonyl (C=O) groups is 1. The molecule has 4 aromatic carbocycles. The predicted octanol–water partition coefficient (Wildman–Crippen LogP) is 5.37. The van der Waals surface area contributed by atoms with Crippen molar-refractivity contribution in [2.45, 2.75) is 48.0 Å². The molecule has 1 saturated heterocycles. The van der Waals surface area contributed by atoms with Gasteiger partial charge in [-0.1, -0.05) is 99.8 Å². The van der Waals surface area contributed by atoms with Crippen molar-refractivity contribution in [1.82, 2.24) is 3.71 Å². The Morgan fingerprint density at radius 1 is 0.683 bits per heavy atom. The number of cyclic esters (lactones) is 1. The van der Waals surface area contributed by atoms with Crippen LogP contribution in [0.15, 0.2) is 119 Å². The Morgan fingerprint density at radius 3 is 1.49 bits per heavy atom. The summed E-state index contributed by atoms with van der Waals surface area (Å²) in [6, 6.07) is 30.6. The third kappa shape index (κ3) is 5.45. The minimum atomic E-state index is -4.53. The first-order chi connectivity index (χ1) is 19.5. The van der Waals surface area contributed by atoms with E-state index >= 15 is 0 Å². The first kappa shape index (κ1) is 28.7. The zero-order valence-electron chi connectivity index (χ0n) is 22.8. The summed E-state index contributed by atoms with van der Waals surface area (Å²) in [6.07, 6.45) is -0.421. The molecule has 7 nitrogen and oxygen atoms in total. The summed E-state index contributed by atoms with van der Waals surface area (Å²) in [6.45, 7) is 3.08. The highest BCUT2D eigenvalue weighted by Gasteiger charge is 2.49. The van der Waals surface area contributed by atoms with Crippen molar-refractivity contribution in [2.24, 2.45) is 0 Å². The van der Waals surface area contributed by atoms with Crippen LogP contribution in [-0.2, 0) is 35.0 Å². The molecule has 0 aromatic heterocycles. The highest BCUT2D eigenvalue weighted by atomic mass is 32.3. The number of rotatable bonds is 8. The number of benzene rings is 4. The van der Waals surface area contributed by atoms with E-state index in [1.807, 2.05) is 74.5 Å². The van der Waals surface area contributed by atoms with Gasteiger partial charge in [0.05, 0.1) is 16.3 Å². The quantitative estimate of drug-likeness (QED) is 0.256. The molecule has 0 N–H and O–H groups in total. The lowest BCUT2D eigenvalue weighted by Gasteiger charge is -2.40. The Balaban J connectivity index is 1.53. The van der Waals surface area contributed by atoms with E-state index in [1.165, 1.54) is 24.3 Å². The molecule has 9 heteroatoms. The highest BCUT2D eigenvalue weighted by molar-refractivity contribution is 8.04. The van der Waals surface area contributed by atoms with Gasteiger partial charge in [0, 0.05) is 0 Å². The molecule has 0 saturated carbocycles. The average molecular weight is 590 g/mol. The first-order valence-electron chi connectivity index (χ1n) is 13.3. The van der Waals surface area contributed by atoms with E-state index in [2.05, 4.69) is 0 Å². The fourth-order valence-electron chi connectivity index (χ4n) is 5.20. The largest absolute Gasteiger partial charge is 0.460 e. The van der Waals surface area contributed by atoms with E-state index in [0.29, 0.717) is 10.1 Å². The predicted molar refractivity (Wildman–Crippen MR) is 156 cm³/mol. The Hall–Kier alpha value is -3.79. The highest BCUT2D eigenvalue weighted by Crippen LogP contribution is 2.42. The van der Waals surface area contributed by atoms with Gasteiger partial charge in [0.2, 0.25) is 0 Å². The maximum atomic E-state index is 13.9. The van der Waals surface area contributed by atoms with Crippen molar-refractivity contribution in [3.8, 4) is 0 Å².